The first-order valence-corrected chi connectivity index (χ1v) is 6.90. The molecule has 0 heterocycles. The lowest BCUT2D eigenvalue weighted by Gasteiger charge is -2.08. The highest BCUT2D eigenvalue weighted by atomic mass is 16.5. The van der Waals surface area contributed by atoms with E-state index in [-0.39, 0.29) is 17.1 Å². The topological polar surface area (TPSA) is 46.5 Å². The Kier molecular flexibility index (Phi) is 3.88. The number of hydrogen-bond donors (Lipinski definition) is 1. The fourth-order valence-electron chi connectivity index (χ4n) is 2.14. The quantitative estimate of drug-likeness (QED) is 0.724. The van der Waals surface area contributed by atoms with Gasteiger partial charge in [0.15, 0.2) is 5.78 Å². The van der Waals surface area contributed by atoms with Gasteiger partial charge in [-0.25, -0.2) is 0 Å². The third-order valence-electron chi connectivity index (χ3n) is 3.23. The van der Waals surface area contributed by atoms with Crippen molar-refractivity contribution in [1.82, 2.24) is 0 Å². The minimum atomic E-state index is -0.218. The molecular weight excluding hydrogens is 276 g/mol. The van der Waals surface area contributed by atoms with Gasteiger partial charge in [0, 0.05) is 11.6 Å². The van der Waals surface area contributed by atoms with Crippen molar-refractivity contribution < 1.29 is 14.6 Å². The van der Waals surface area contributed by atoms with Gasteiger partial charge in [-0.2, -0.15) is 0 Å². The number of phenols is 1. The monoisotopic (exact) mass is 290 g/mol. The highest BCUT2D eigenvalue weighted by molar-refractivity contribution is 6.10. The highest BCUT2D eigenvalue weighted by Crippen LogP contribution is 2.28. The standard InChI is InChI=1S/C19H14O3/c20-18-13-16(22-15-9-5-2-6-10-15)11-12-17(18)19(21)14-7-3-1-4-8-14/h1-13,20H. The van der Waals surface area contributed by atoms with Crippen LogP contribution in [0.25, 0.3) is 0 Å². The van der Waals surface area contributed by atoms with Crippen molar-refractivity contribution in [3.05, 3.63) is 90.0 Å². The molecule has 3 aromatic carbocycles. The van der Waals surface area contributed by atoms with Gasteiger partial charge < -0.3 is 9.84 Å². The predicted molar refractivity (Wildman–Crippen MR) is 84.5 cm³/mol. The van der Waals surface area contributed by atoms with Crippen LogP contribution in [0.2, 0.25) is 0 Å². The van der Waals surface area contributed by atoms with E-state index in [9.17, 15) is 9.90 Å². The molecule has 1 N–H and O–H groups in total. The number of ketones is 1. The number of para-hydroxylation sites is 1. The van der Waals surface area contributed by atoms with Crippen LogP contribution in [0.1, 0.15) is 15.9 Å². The summed E-state index contributed by atoms with van der Waals surface area (Å²) in [6, 6.07) is 22.8. The summed E-state index contributed by atoms with van der Waals surface area (Å²) in [4.78, 5) is 12.3. The minimum absolute atomic E-state index is 0.0951. The van der Waals surface area contributed by atoms with E-state index in [1.807, 2.05) is 36.4 Å². The first-order chi connectivity index (χ1) is 10.7. The molecule has 3 heteroatoms. The third-order valence-corrected chi connectivity index (χ3v) is 3.23. The molecule has 0 amide bonds. The second-order valence-electron chi connectivity index (χ2n) is 4.79. The average molecular weight is 290 g/mol. The Morgan fingerprint density at radius 3 is 2.05 bits per heavy atom. The molecule has 0 unspecified atom stereocenters. The van der Waals surface area contributed by atoms with Gasteiger partial charge in [0.2, 0.25) is 0 Å². The number of phenolic OH excluding ortho intramolecular Hbond substituents is 1. The summed E-state index contributed by atoms with van der Waals surface area (Å²) in [5, 5.41) is 10.1. The average Bonchev–Trinajstić information content (AvgIpc) is 2.56. The molecular formula is C19H14O3. The van der Waals surface area contributed by atoms with Crippen LogP contribution in [0.15, 0.2) is 78.9 Å². The molecule has 0 spiro atoms. The normalized spacial score (nSPS) is 10.2. The van der Waals surface area contributed by atoms with Crippen LogP contribution >= 0.6 is 0 Å². The molecule has 0 fully saturated rings. The van der Waals surface area contributed by atoms with Crippen LogP contribution < -0.4 is 4.74 Å². The summed E-state index contributed by atoms with van der Waals surface area (Å²) in [5.41, 5.74) is 0.793. The number of carbonyl (C=O) groups is 1. The van der Waals surface area contributed by atoms with Crippen molar-refractivity contribution in [3.63, 3.8) is 0 Å². The molecule has 0 aliphatic heterocycles. The first kappa shape index (κ1) is 13.9. The van der Waals surface area contributed by atoms with Crippen LogP contribution in [-0.2, 0) is 0 Å². The summed E-state index contributed by atoms with van der Waals surface area (Å²) in [6.07, 6.45) is 0. The van der Waals surface area contributed by atoms with E-state index in [1.54, 1.807) is 36.4 Å². The first-order valence-electron chi connectivity index (χ1n) is 6.90. The van der Waals surface area contributed by atoms with E-state index < -0.39 is 0 Å². The van der Waals surface area contributed by atoms with Gasteiger partial charge in [0.05, 0.1) is 5.56 Å². The molecule has 0 radical (unpaired) electrons. The Hall–Kier alpha value is -3.07. The van der Waals surface area contributed by atoms with Crippen molar-refractivity contribution in [2.24, 2.45) is 0 Å². The Bertz CT molecular complexity index is 780. The molecule has 0 aromatic heterocycles. The van der Waals surface area contributed by atoms with Crippen molar-refractivity contribution in [3.8, 4) is 17.2 Å². The molecule has 108 valence electrons. The van der Waals surface area contributed by atoms with Crippen LogP contribution in [0.3, 0.4) is 0 Å². The molecule has 0 saturated heterocycles. The van der Waals surface area contributed by atoms with Gasteiger partial charge in [-0.05, 0) is 24.3 Å². The Labute approximate surface area is 128 Å². The van der Waals surface area contributed by atoms with E-state index >= 15 is 0 Å². The lowest BCUT2D eigenvalue weighted by molar-refractivity contribution is 0.103. The number of rotatable bonds is 4. The third kappa shape index (κ3) is 2.99. The van der Waals surface area contributed by atoms with Crippen molar-refractivity contribution in [2.75, 3.05) is 0 Å². The maximum atomic E-state index is 12.3. The van der Waals surface area contributed by atoms with Crippen molar-refractivity contribution in [2.45, 2.75) is 0 Å². The second kappa shape index (κ2) is 6.14. The van der Waals surface area contributed by atoms with E-state index in [1.165, 1.54) is 6.07 Å². The van der Waals surface area contributed by atoms with Gasteiger partial charge in [-0.1, -0.05) is 48.5 Å². The second-order valence-corrected chi connectivity index (χ2v) is 4.79. The van der Waals surface area contributed by atoms with Gasteiger partial charge in [0.25, 0.3) is 0 Å². The largest absolute Gasteiger partial charge is 0.507 e. The zero-order valence-electron chi connectivity index (χ0n) is 11.8. The van der Waals surface area contributed by atoms with Gasteiger partial charge in [0.1, 0.15) is 17.2 Å². The summed E-state index contributed by atoms with van der Waals surface area (Å²) in [7, 11) is 0. The maximum absolute atomic E-state index is 12.3. The fraction of sp³-hybridized carbons (Fsp3) is 0. The summed E-state index contributed by atoms with van der Waals surface area (Å²) < 4.78 is 5.63. The zero-order valence-corrected chi connectivity index (χ0v) is 11.8. The van der Waals surface area contributed by atoms with Crippen LogP contribution in [0, 0.1) is 0 Å². The number of hydrogen-bond acceptors (Lipinski definition) is 3. The van der Waals surface area contributed by atoms with Crippen LogP contribution in [0.4, 0.5) is 0 Å². The molecule has 3 nitrogen and oxygen atoms in total. The zero-order chi connectivity index (χ0) is 15.4. The van der Waals surface area contributed by atoms with E-state index in [0.717, 1.165) is 0 Å². The van der Waals surface area contributed by atoms with E-state index in [0.29, 0.717) is 17.1 Å². The molecule has 3 rings (SSSR count). The molecule has 0 atom stereocenters. The fourth-order valence-corrected chi connectivity index (χ4v) is 2.14. The molecule has 22 heavy (non-hydrogen) atoms. The number of aromatic hydroxyl groups is 1. The lowest BCUT2D eigenvalue weighted by atomic mass is 10.0. The van der Waals surface area contributed by atoms with Gasteiger partial charge in [-0.3, -0.25) is 4.79 Å². The molecule has 3 aromatic rings. The molecule has 0 aliphatic rings. The van der Waals surface area contributed by atoms with Crippen LogP contribution in [0.5, 0.6) is 17.2 Å². The number of benzene rings is 3. The minimum Gasteiger partial charge on any atom is -0.507 e. The number of ether oxygens (including phenoxy) is 1. The smallest absolute Gasteiger partial charge is 0.196 e. The van der Waals surface area contributed by atoms with Gasteiger partial charge >= 0.3 is 0 Å². The Morgan fingerprint density at radius 2 is 1.41 bits per heavy atom. The van der Waals surface area contributed by atoms with E-state index in [2.05, 4.69) is 0 Å². The Morgan fingerprint density at radius 1 is 0.773 bits per heavy atom. The molecule has 0 saturated carbocycles. The Balaban J connectivity index is 1.85. The molecule has 0 aliphatic carbocycles. The van der Waals surface area contributed by atoms with Crippen molar-refractivity contribution in [1.29, 1.82) is 0 Å². The molecule has 0 bridgehead atoms. The van der Waals surface area contributed by atoms with Crippen molar-refractivity contribution >= 4 is 5.78 Å². The predicted octanol–water partition coefficient (Wildman–Crippen LogP) is 4.42. The summed E-state index contributed by atoms with van der Waals surface area (Å²) in [5.74, 6) is 0.837. The summed E-state index contributed by atoms with van der Waals surface area (Å²) >= 11 is 0. The van der Waals surface area contributed by atoms with Gasteiger partial charge in [-0.15, -0.1) is 0 Å². The SMILES string of the molecule is O=C(c1ccccc1)c1ccc(Oc2ccccc2)cc1O. The lowest BCUT2D eigenvalue weighted by Crippen LogP contribution is -2.01. The van der Waals surface area contributed by atoms with E-state index in [4.69, 9.17) is 4.74 Å². The van der Waals surface area contributed by atoms with Crippen LogP contribution in [-0.4, -0.2) is 10.9 Å². The summed E-state index contributed by atoms with van der Waals surface area (Å²) in [6.45, 7) is 0. The highest BCUT2D eigenvalue weighted by Gasteiger charge is 2.14. The maximum Gasteiger partial charge on any atom is 0.196 e. The number of carbonyl (C=O) groups excluding carboxylic acids is 1.